The van der Waals surface area contributed by atoms with Gasteiger partial charge in [0.15, 0.2) is 0 Å². The smallest absolute Gasteiger partial charge is 0.416 e. The minimum absolute atomic E-state index is 0.0314. The van der Waals surface area contributed by atoms with Crippen LogP contribution in [0.5, 0.6) is 0 Å². The van der Waals surface area contributed by atoms with Crippen LogP contribution >= 0.6 is 0 Å². The van der Waals surface area contributed by atoms with Crippen LogP contribution < -0.4 is 10.8 Å². The molecule has 0 radical (unpaired) electrons. The summed E-state index contributed by atoms with van der Waals surface area (Å²) in [5, 5.41) is 22.9. The minimum atomic E-state index is -4.75. The molecule has 184 valence electrons. The van der Waals surface area contributed by atoms with Gasteiger partial charge in [-0.15, -0.1) is 5.23 Å². The highest BCUT2D eigenvalue weighted by Crippen LogP contribution is 2.38. The predicted molar refractivity (Wildman–Crippen MR) is 114 cm³/mol. The Balaban J connectivity index is 1.75. The van der Waals surface area contributed by atoms with Crippen molar-refractivity contribution < 1.29 is 33.1 Å². The standard InChI is InChI=1S/C21H24F3N5O5/c1-20(2,3)34-19(31)27-6-4-11(5-7-27)14-10-16(30)25-18-17-13(26-28(14)18)8-12(21(22,23)24)9-15(17)29(32)33/h8-11,32-33H,4-7H2,1-3H3,(H,25,30). The van der Waals surface area contributed by atoms with Gasteiger partial charge in [-0.3, -0.25) is 15.2 Å². The van der Waals surface area contributed by atoms with Gasteiger partial charge in [0, 0.05) is 25.1 Å². The van der Waals surface area contributed by atoms with Crippen LogP contribution in [-0.4, -0.2) is 54.7 Å². The lowest BCUT2D eigenvalue weighted by atomic mass is 9.93. The number of halogens is 3. The Morgan fingerprint density at radius 1 is 1.18 bits per heavy atom. The van der Waals surface area contributed by atoms with Gasteiger partial charge in [-0.25, -0.2) is 9.31 Å². The zero-order valence-electron chi connectivity index (χ0n) is 18.7. The van der Waals surface area contributed by atoms with Gasteiger partial charge in [-0.05, 0) is 45.7 Å². The van der Waals surface area contributed by atoms with Crippen molar-refractivity contribution in [3.05, 3.63) is 39.8 Å². The third kappa shape index (κ3) is 4.53. The summed E-state index contributed by atoms with van der Waals surface area (Å²) >= 11 is 0. The summed E-state index contributed by atoms with van der Waals surface area (Å²) in [6.45, 7) is 6.03. The van der Waals surface area contributed by atoms with E-state index in [0.29, 0.717) is 37.7 Å². The van der Waals surface area contributed by atoms with Gasteiger partial charge >= 0.3 is 12.3 Å². The number of ether oxygens (including phenoxy) is 1. The quantitative estimate of drug-likeness (QED) is 0.473. The van der Waals surface area contributed by atoms with Crippen molar-refractivity contribution in [3.8, 4) is 0 Å². The molecular weight excluding hydrogens is 459 g/mol. The molecule has 1 fully saturated rings. The lowest BCUT2D eigenvalue weighted by molar-refractivity contribution is -0.137. The van der Waals surface area contributed by atoms with Gasteiger partial charge in [0.25, 0.3) is 5.56 Å². The maximum atomic E-state index is 13.3. The first-order valence-corrected chi connectivity index (χ1v) is 10.6. The number of rotatable bonds is 2. The number of piperidine rings is 1. The minimum Gasteiger partial charge on any atom is -0.444 e. The van der Waals surface area contributed by atoms with Gasteiger partial charge in [0.05, 0.1) is 22.2 Å². The number of aromatic nitrogens is 3. The topological polar surface area (TPSA) is 123 Å². The Labute approximate surface area is 191 Å². The first-order chi connectivity index (χ1) is 15.7. The molecule has 13 heteroatoms. The summed E-state index contributed by atoms with van der Waals surface area (Å²) < 4.78 is 46.7. The Kier molecular flexibility index (Phi) is 5.72. The van der Waals surface area contributed by atoms with E-state index in [0.717, 1.165) is 6.07 Å². The van der Waals surface area contributed by atoms with Crippen molar-refractivity contribution in [1.29, 1.82) is 0 Å². The van der Waals surface area contributed by atoms with Crippen LogP contribution in [0.4, 0.5) is 23.7 Å². The molecule has 3 N–H and O–H groups in total. The molecule has 1 aromatic carbocycles. The second-order valence-corrected chi connectivity index (χ2v) is 9.24. The van der Waals surface area contributed by atoms with Crippen molar-refractivity contribution in [2.45, 2.75) is 51.3 Å². The third-order valence-electron chi connectivity index (χ3n) is 5.63. The SMILES string of the molecule is CC(C)(C)OC(=O)N1CCC(c2cc(=O)[nH]c3c4c(N(O)O)cc(C(F)(F)F)cc4nn23)CC1. The van der Waals surface area contributed by atoms with Crippen molar-refractivity contribution in [2.24, 2.45) is 0 Å². The zero-order valence-corrected chi connectivity index (χ0v) is 18.7. The molecule has 1 aliphatic heterocycles. The molecule has 34 heavy (non-hydrogen) atoms. The van der Waals surface area contributed by atoms with Crippen molar-refractivity contribution in [3.63, 3.8) is 0 Å². The van der Waals surface area contributed by atoms with E-state index in [4.69, 9.17) is 4.74 Å². The molecule has 0 bridgehead atoms. The highest BCUT2D eigenvalue weighted by Gasteiger charge is 2.34. The van der Waals surface area contributed by atoms with E-state index < -0.39 is 39.9 Å². The van der Waals surface area contributed by atoms with Gasteiger partial charge < -0.3 is 14.6 Å². The molecule has 0 atom stereocenters. The molecule has 10 nitrogen and oxygen atoms in total. The lowest BCUT2D eigenvalue weighted by Gasteiger charge is -2.33. The van der Waals surface area contributed by atoms with Crippen LogP contribution in [0.1, 0.15) is 50.8 Å². The Hall–Kier alpha value is -3.32. The average molecular weight is 483 g/mol. The van der Waals surface area contributed by atoms with Crippen LogP contribution in [0.3, 0.4) is 0 Å². The molecule has 0 aliphatic carbocycles. The van der Waals surface area contributed by atoms with Gasteiger partial charge in [0.1, 0.15) is 16.9 Å². The zero-order chi connectivity index (χ0) is 25.0. The number of aromatic amines is 1. The first-order valence-electron chi connectivity index (χ1n) is 10.6. The van der Waals surface area contributed by atoms with Crippen LogP contribution in [0, 0.1) is 0 Å². The number of benzene rings is 1. The highest BCUT2D eigenvalue weighted by molar-refractivity contribution is 6.02. The number of hydrogen-bond acceptors (Lipinski definition) is 7. The fourth-order valence-corrected chi connectivity index (χ4v) is 4.14. The largest absolute Gasteiger partial charge is 0.444 e. The summed E-state index contributed by atoms with van der Waals surface area (Å²) in [6.07, 6.45) is -4.25. The maximum absolute atomic E-state index is 13.3. The molecule has 1 aliphatic rings. The lowest BCUT2D eigenvalue weighted by Crippen LogP contribution is -2.41. The van der Waals surface area contributed by atoms with E-state index in [1.165, 1.54) is 10.6 Å². The first kappa shape index (κ1) is 23.8. The molecule has 0 spiro atoms. The average Bonchev–Trinajstić information content (AvgIpc) is 3.09. The van der Waals surface area contributed by atoms with E-state index in [2.05, 4.69) is 10.1 Å². The van der Waals surface area contributed by atoms with E-state index >= 15 is 0 Å². The number of carbonyl (C=O) groups is 1. The van der Waals surface area contributed by atoms with Crippen LogP contribution in [0.15, 0.2) is 23.0 Å². The van der Waals surface area contributed by atoms with Crippen LogP contribution in [0.25, 0.3) is 16.6 Å². The number of hydrogen-bond donors (Lipinski definition) is 3. The number of fused-ring (bicyclic) bond motifs is 3. The molecule has 1 saturated heterocycles. The number of carbonyl (C=O) groups excluding carboxylic acids is 1. The monoisotopic (exact) mass is 483 g/mol. The number of nitrogens with zero attached hydrogens (tertiary/aromatic N) is 4. The van der Waals surface area contributed by atoms with Crippen molar-refractivity contribution in [1.82, 2.24) is 19.5 Å². The Bertz CT molecular complexity index is 1300. The number of nitrogens with one attached hydrogen (secondary N) is 1. The fraction of sp³-hybridized carbons (Fsp3) is 0.476. The van der Waals surface area contributed by atoms with E-state index in [-0.39, 0.29) is 22.5 Å². The van der Waals surface area contributed by atoms with Crippen LogP contribution in [0.2, 0.25) is 0 Å². The number of anilines is 1. The van der Waals surface area contributed by atoms with E-state index in [1.54, 1.807) is 25.7 Å². The van der Waals surface area contributed by atoms with Gasteiger partial charge in [0.2, 0.25) is 0 Å². The fourth-order valence-electron chi connectivity index (χ4n) is 4.14. The Morgan fingerprint density at radius 3 is 2.38 bits per heavy atom. The maximum Gasteiger partial charge on any atom is 0.416 e. The van der Waals surface area contributed by atoms with Crippen molar-refractivity contribution in [2.75, 3.05) is 18.3 Å². The Morgan fingerprint density at radius 2 is 1.82 bits per heavy atom. The third-order valence-corrected chi connectivity index (χ3v) is 5.63. The normalized spacial score (nSPS) is 15.8. The second-order valence-electron chi connectivity index (χ2n) is 9.24. The highest BCUT2D eigenvalue weighted by atomic mass is 19.4. The van der Waals surface area contributed by atoms with Crippen molar-refractivity contribution >= 4 is 28.3 Å². The summed E-state index contributed by atoms with van der Waals surface area (Å²) in [5.41, 5.74) is -2.56. The number of likely N-dealkylation sites (tertiary alicyclic amines) is 1. The molecule has 3 heterocycles. The van der Waals surface area contributed by atoms with Gasteiger partial charge in [-0.2, -0.15) is 18.3 Å². The summed E-state index contributed by atoms with van der Waals surface area (Å²) in [5.74, 6) is -0.220. The molecule has 0 unspecified atom stereocenters. The summed E-state index contributed by atoms with van der Waals surface area (Å²) in [7, 11) is 0. The molecule has 4 rings (SSSR count). The van der Waals surface area contributed by atoms with Crippen LogP contribution in [-0.2, 0) is 10.9 Å². The second kappa shape index (κ2) is 8.17. The number of alkyl halides is 3. The number of H-pyrrole nitrogens is 1. The molecule has 3 aromatic rings. The van der Waals surface area contributed by atoms with E-state index in [9.17, 15) is 33.2 Å². The predicted octanol–water partition coefficient (Wildman–Crippen LogP) is 3.89. The summed E-state index contributed by atoms with van der Waals surface area (Å²) in [4.78, 5) is 28.9. The number of amides is 1. The molecular formula is C21H24F3N5O5. The van der Waals surface area contributed by atoms with Gasteiger partial charge in [-0.1, -0.05) is 0 Å². The molecule has 1 amide bonds. The van der Waals surface area contributed by atoms with E-state index in [1.807, 2.05) is 0 Å². The summed E-state index contributed by atoms with van der Waals surface area (Å²) in [6, 6.07) is 2.66. The molecule has 0 saturated carbocycles. The molecule has 2 aromatic heterocycles.